The number of piperidine rings is 1. The van der Waals surface area contributed by atoms with Crippen LogP contribution in [0.2, 0.25) is 0 Å². The van der Waals surface area contributed by atoms with Crippen LogP contribution < -0.4 is 10.2 Å². The zero-order valence-corrected chi connectivity index (χ0v) is 25.0. The highest BCUT2D eigenvalue weighted by Crippen LogP contribution is 2.41. The molecule has 0 radical (unpaired) electrons. The van der Waals surface area contributed by atoms with Crippen molar-refractivity contribution in [3.63, 3.8) is 0 Å². The van der Waals surface area contributed by atoms with Crippen molar-refractivity contribution in [3.05, 3.63) is 77.1 Å². The summed E-state index contributed by atoms with van der Waals surface area (Å²) in [5, 5.41) is 11.4. The minimum atomic E-state index is -4.72. The second-order valence-corrected chi connectivity index (χ2v) is 11.6. The van der Waals surface area contributed by atoms with Crippen LogP contribution in [0, 0.1) is 5.92 Å². The predicted molar refractivity (Wildman–Crippen MR) is 160 cm³/mol. The fourth-order valence-electron chi connectivity index (χ4n) is 6.10. The van der Waals surface area contributed by atoms with Crippen LogP contribution in [0.3, 0.4) is 0 Å². The van der Waals surface area contributed by atoms with Crippen molar-refractivity contribution in [2.24, 2.45) is 13.0 Å². The van der Waals surface area contributed by atoms with Crippen molar-refractivity contribution in [2.45, 2.75) is 45.5 Å². The average molecular weight is 626 g/mol. The van der Waals surface area contributed by atoms with Crippen LogP contribution in [-0.4, -0.2) is 56.1 Å². The number of alkyl halides is 5. The second kappa shape index (κ2) is 11.5. The van der Waals surface area contributed by atoms with Gasteiger partial charge in [-0.2, -0.15) is 13.2 Å². The van der Waals surface area contributed by atoms with Crippen LogP contribution in [-0.2, 0) is 26.3 Å². The Morgan fingerprint density at radius 3 is 2.49 bits per heavy atom. The van der Waals surface area contributed by atoms with Crippen LogP contribution in [0.5, 0.6) is 0 Å². The van der Waals surface area contributed by atoms with Crippen molar-refractivity contribution in [2.75, 3.05) is 29.9 Å². The molecule has 1 saturated heterocycles. The van der Waals surface area contributed by atoms with Crippen molar-refractivity contribution in [3.8, 4) is 22.5 Å². The van der Waals surface area contributed by atoms with Crippen molar-refractivity contribution >= 4 is 17.5 Å². The van der Waals surface area contributed by atoms with E-state index in [2.05, 4.69) is 20.5 Å². The van der Waals surface area contributed by atoms with E-state index in [1.54, 1.807) is 21.9 Å². The van der Waals surface area contributed by atoms with E-state index in [0.717, 1.165) is 17.2 Å². The fraction of sp³-hybridized carbons (Fsp3) is 0.375. The van der Waals surface area contributed by atoms with Gasteiger partial charge in [0.05, 0.1) is 12.1 Å². The maximum absolute atomic E-state index is 14.4. The first kappa shape index (κ1) is 30.6. The number of anilines is 2. The third-order valence-corrected chi connectivity index (χ3v) is 8.46. The number of likely N-dealkylation sites (tertiary alicyclic amines) is 1. The number of nitrogens with zero attached hydrogens (tertiary/aromatic N) is 6. The van der Waals surface area contributed by atoms with E-state index in [4.69, 9.17) is 0 Å². The van der Waals surface area contributed by atoms with Gasteiger partial charge in [0.15, 0.2) is 5.82 Å². The Morgan fingerprint density at radius 2 is 1.82 bits per heavy atom. The van der Waals surface area contributed by atoms with Crippen LogP contribution in [0.4, 0.5) is 33.6 Å². The normalized spacial score (nSPS) is 18.4. The number of fused-ring (bicyclic) bond motifs is 1. The van der Waals surface area contributed by atoms with Gasteiger partial charge in [0.1, 0.15) is 18.0 Å². The maximum Gasteiger partial charge on any atom is 0.416 e. The molecule has 2 aliphatic heterocycles. The number of nitrogens with one attached hydrogen (secondary N) is 1. The lowest BCUT2D eigenvalue weighted by Crippen LogP contribution is -2.45. The molecular formula is C32H32F5N7O. The Kier molecular flexibility index (Phi) is 7.84. The van der Waals surface area contributed by atoms with E-state index < -0.39 is 29.5 Å². The standard InChI is InChI=1S/C32H32F5N7O/c1-4-38-27-13-21(22-7-5-6-8-23(22)29-41-39-18-42(29)3)14-28(40-27)44-17-25-24(30(44)45)11-20(12-26(25)32(35,36)37)16-43-10-9-31(33,34)19(2)15-43/h5-8,11-14,18-19H,4,9-10,15-17H2,1-3H3,(H,38,40). The number of carbonyl (C=O) groups excluding carboxylic acids is 1. The summed E-state index contributed by atoms with van der Waals surface area (Å²) in [7, 11) is 1.82. The van der Waals surface area contributed by atoms with E-state index in [1.807, 2.05) is 44.3 Å². The zero-order valence-electron chi connectivity index (χ0n) is 25.0. The van der Waals surface area contributed by atoms with Crippen LogP contribution in [0.1, 0.15) is 47.3 Å². The van der Waals surface area contributed by atoms with E-state index in [1.165, 1.54) is 17.9 Å². The SMILES string of the molecule is CCNc1cc(-c2ccccc2-c2nncn2C)cc(N2Cc3c(cc(CN4CCC(F)(F)C(C)C4)cc3C(F)(F)F)C2=O)n1. The highest BCUT2D eigenvalue weighted by Gasteiger charge is 2.43. The van der Waals surface area contributed by atoms with E-state index in [-0.39, 0.29) is 55.1 Å². The van der Waals surface area contributed by atoms with Gasteiger partial charge in [-0.05, 0) is 53.4 Å². The molecule has 0 saturated carbocycles. The molecule has 1 N–H and O–H groups in total. The minimum Gasteiger partial charge on any atom is -0.370 e. The first-order valence-corrected chi connectivity index (χ1v) is 14.7. The smallest absolute Gasteiger partial charge is 0.370 e. The number of pyridine rings is 1. The molecule has 8 nitrogen and oxygen atoms in total. The number of aromatic nitrogens is 4. The highest BCUT2D eigenvalue weighted by molar-refractivity contribution is 6.10. The van der Waals surface area contributed by atoms with Gasteiger partial charge in [0.2, 0.25) is 0 Å². The number of hydrogen-bond acceptors (Lipinski definition) is 6. The van der Waals surface area contributed by atoms with Gasteiger partial charge in [-0.15, -0.1) is 10.2 Å². The van der Waals surface area contributed by atoms with Gasteiger partial charge >= 0.3 is 6.18 Å². The molecule has 1 unspecified atom stereocenters. The minimum absolute atomic E-state index is 0.0290. The third-order valence-electron chi connectivity index (χ3n) is 8.46. The monoisotopic (exact) mass is 625 g/mol. The summed E-state index contributed by atoms with van der Waals surface area (Å²) in [5.74, 6) is -3.09. The molecule has 45 heavy (non-hydrogen) atoms. The van der Waals surface area contributed by atoms with Gasteiger partial charge in [-0.25, -0.2) is 13.8 Å². The quantitative estimate of drug-likeness (QED) is 0.232. The van der Waals surface area contributed by atoms with E-state index in [9.17, 15) is 26.7 Å². The molecule has 1 fully saturated rings. The maximum atomic E-state index is 14.4. The highest BCUT2D eigenvalue weighted by atomic mass is 19.4. The van der Waals surface area contributed by atoms with Gasteiger partial charge in [-0.1, -0.05) is 31.2 Å². The number of hydrogen-bond donors (Lipinski definition) is 1. The number of carbonyl (C=O) groups is 1. The van der Waals surface area contributed by atoms with Gasteiger partial charge < -0.3 is 9.88 Å². The molecule has 4 heterocycles. The zero-order chi connectivity index (χ0) is 32.1. The topological polar surface area (TPSA) is 79.2 Å². The molecule has 0 spiro atoms. The number of rotatable bonds is 7. The molecule has 2 aliphatic rings. The summed E-state index contributed by atoms with van der Waals surface area (Å²) in [6.45, 7) is 3.66. The molecule has 0 aliphatic carbocycles. The Morgan fingerprint density at radius 1 is 1.07 bits per heavy atom. The number of halogens is 5. The molecule has 2 aromatic heterocycles. The van der Waals surface area contributed by atoms with E-state index in [0.29, 0.717) is 23.8 Å². The molecule has 1 atom stereocenters. The Balaban J connectivity index is 1.38. The summed E-state index contributed by atoms with van der Waals surface area (Å²) in [4.78, 5) is 21.4. The summed E-state index contributed by atoms with van der Waals surface area (Å²) >= 11 is 0. The first-order chi connectivity index (χ1) is 21.4. The van der Waals surface area contributed by atoms with Crippen LogP contribution in [0.15, 0.2) is 54.9 Å². The largest absolute Gasteiger partial charge is 0.416 e. The summed E-state index contributed by atoms with van der Waals surface area (Å²) < 4.78 is 73.1. The fourth-order valence-corrected chi connectivity index (χ4v) is 6.10. The molecule has 4 aromatic rings. The lowest BCUT2D eigenvalue weighted by Gasteiger charge is -2.36. The number of benzene rings is 2. The summed E-state index contributed by atoms with van der Waals surface area (Å²) in [6, 6.07) is 13.5. The second-order valence-electron chi connectivity index (χ2n) is 11.6. The van der Waals surface area contributed by atoms with Gasteiger partial charge in [-0.3, -0.25) is 14.6 Å². The van der Waals surface area contributed by atoms with Crippen molar-refractivity contribution < 1.29 is 26.7 Å². The lowest BCUT2D eigenvalue weighted by atomic mass is 9.94. The Labute approximate surface area is 256 Å². The predicted octanol–water partition coefficient (Wildman–Crippen LogP) is 6.63. The molecule has 1 amide bonds. The van der Waals surface area contributed by atoms with E-state index >= 15 is 0 Å². The number of amides is 1. The molecule has 0 bridgehead atoms. The number of aryl methyl sites for hydroxylation is 1. The molecule has 13 heteroatoms. The molecule has 236 valence electrons. The van der Waals surface area contributed by atoms with Crippen molar-refractivity contribution in [1.82, 2.24) is 24.6 Å². The average Bonchev–Trinajstić information content (AvgIpc) is 3.57. The van der Waals surface area contributed by atoms with Gasteiger partial charge in [0, 0.05) is 56.7 Å². The van der Waals surface area contributed by atoms with Gasteiger partial charge in [0.25, 0.3) is 11.8 Å². The Bertz CT molecular complexity index is 1750. The molecule has 6 rings (SSSR count). The van der Waals surface area contributed by atoms with Crippen LogP contribution in [0.25, 0.3) is 22.5 Å². The van der Waals surface area contributed by atoms with Crippen LogP contribution >= 0.6 is 0 Å². The molecule has 2 aromatic carbocycles. The summed E-state index contributed by atoms with van der Waals surface area (Å²) in [6.07, 6.45) is -3.51. The summed E-state index contributed by atoms with van der Waals surface area (Å²) in [5.41, 5.74) is 1.39. The molecular weight excluding hydrogens is 593 g/mol. The Hall–Kier alpha value is -4.39. The first-order valence-electron chi connectivity index (χ1n) is 14.7. The third kappa shape index (κ3) is 5.88. The lowest BCUT2D eigenvalue weighted by molar-refractivity contribution is -0.138. The van der Waals surface area contributed by atoms with Crippen molar-refractivity contribution in [1.29, 1.82) is 0 Å².